The first-order chi connectivity index (χ1) is 13.8. The van der Waals surface area contributed by atoms with Gasteiger partial charge in [-0.25, -0.2) is 9.69 Å². The van der Waals surface area contributed by atoms with Gasteiger partial charge in [0.05, 0.1) is 5.69 Å². The van der Waals surface area contributed by atoms with Gasteiger partial charge in [-0.05, 0) is 52.8 Å². The number of hydrogen-bond acceptors (Lipinski definition) is 7. The summed E-state index contributed by atoms with van der Waals surface area (Å²) in [5.74, 6) is -0.527. The molecule has 164 valence electrons. The van der Waals surface area contributed by atoms with Gasteiger partial charge < -0.3 is 14.5 Å². The molecule has 1 unspecified atom stereocenters. The lowest BCUT2D eigenvalue weighted by atomic mass is 10.1. The van der Waals surface area contributed by atoms with E-state index in [1.165, 1.54) is 52.8 Å². The van der Waals surface area contributed by atoms with Gasteiger partial charge in [-0.2, -0.15) is 0 Å². The first kappa shape index (κ1) is 27.0. The summed E-state index contributed by atoms with van der Waals surface area (Å²) >= 11 is 21.8. The van der Waals surface area contributed by atoms with E-state index in [1.807, 2.05) is 38.0 Å². The van der Waals surface area contributed by atoms with Crippen LogP contribution in [0.1, 0.15) is 6.92 Å². The van der Waals surface area contributed by atoms with Crippen molar-refractivity contribution in [2.45, 2.75) is 12.5 Å². The summed E-state index contributed by atoms with van der Waals surface area (Å²) in [5, 5.41) is 0.649. The number of thiocarbonyl (C=S) groups is 2. The summed E-state index contributed by atoms with van der Waals surface area (Å²) in [6.07, 6.45) is 0.500. The summed E-state index contributed by atoms with van der Waals surface area (Å²) in [7, 11) is 10.7. The van der Waals surface area contributed by atoms with E-state index in [0.717, 1.165) is 13.5 Å². The summed E-state index contributed by atoms with van der Waals surface area (Å²) in [6.45, 7) is 4.95. The molecule has 1 saturated heterocycles. The van der Waals surface area contributed by atoms with Gasteiger partial charge in [-0.3, -0.25) is 4.79 Å². The molecule has 1 aliphatic heterocycles. The number of hydrogen-bond donors (Lipinski definition) is 0. The fourth-order valence-corrected chi connectivity index (χ4v) is 4.71. The molecule has 1 heterocycles. The number of cyclic esters (lactones) is 1. The van der Waals surface area contributed by atoms with Crippen LogP contribution >= 0.6 is 69.2 Å². The number of carbonyl (C=O) groups is 2. The lowest BCUT2D eigenvalue weighted by Gasteiger charge is -2.15. The first-order valence-corrected chi connectivity index (χ1v) is 12.0. The number of ether oxygens (including phenoxy) is 1. The van der Waals surface area contributed by atoms with E-state index in [2.05, 4.69) is 6.58 Å². The third-order valence-corrected chi connectivity index (χ3v) is 8.11. The zero-order valence-electron chi connectivity index (χ0n) is 17.0. The van der Waals surface area contributed by atoms with Gasteiger partial charge in [0, 0.05) is 38.2 Å². The molecule has 1 aliphatic rings. The Bertz CT molecular complexity index is 827. The van der Waals surface area contributed by atoms with E-state index in [9.17, 15) is 9.59 Å². The Balaban J connectivity index is 0.000000329. The van der Waals surface area contributed by atoms with Crippen LogP contribution in [-0.2, 0) is 9.53 Å². The lowest BCUT2D eigenvalue weighted by molar-refractivity contribution is -0.125. The van der Waals surface area contributed by atoms with Crippen molar-refractivity contribution in [1.29, 1.82) is 0 Å². The fraction of sp³-hybridized carbons (Fsp3) is 0.333. The number of anilines is 1. The fourth-order valence-electron chi connectivity index (χ4n) is 1.82. The zero-order valence-corrected chi connectivity index (χ0v) is 21.7. The summed E-state index contributed by atoms with van der Waals surface area (Å²) in [4.78, 5) is 28.5. The van der Waals surface area contributed by atoms with Gasteiger partial charge in [0.15, 0.2) is 0 Å². The molecule has 1 fully saturated rings. The monoisotopic (exact) mass is 525 g/mol. The maximum Gasteiger partial charge on any atom is 0.422 e. The van der Waals surface area contributed by atoms with Crippen molar-refractivity contribution in [3.8, 4) is 0 Å². The number of nitrogens with zero attached hydrogens (tertiary/aromatic N) is 3. The second-order valence-electron chi connectivity index (χ2n) is 6.43. The molecule has 0 saturated carbocycles. The van der Waals surface area contributed by atoms with E-state index >= 15 is 0 Å². The van der Waals surface area contributed by atoms with Gasteiger partial charge >= 0.3 is 6.09 Å². The minimum Gasteiger partial charge on any atom is -0.428 e. The molecular formula is C18H21Cl2N3O3S4. The van der Waals surface area contributed by atoms with Gasteiger partial charge in [0.2, 0.25) is 5.60 Å². The van der Waals surface area contributed by atoms with Crippen LogP contribution in [0.15, 0.2) is 30.9 Å². The topological polar surface area (TPSA) is 53.1 Å². The van der Waals surface area contributed by atoms with E-state index < -0.39 is 17.6 Å². The highest BCUT2D eigenvalue weighted by Crippen LogP contribution is 2.33. The van der Waals surface area contributed by atoms with Crippen molar-refractivity contribution in [2.24, 2.45) is 0 Å². The van der Waals surface area contributed by atoms with Crippen LogP contribution < -0.4 is 4.90 Å². The molecule has 1 aromatic rings. The van der Waals surface area contributed by atoms with Crippen LogP contribution in [-0.4, -0.2) is 64.2 Å². The van der Waals surface area contributed by atoms with Crippen molar-refractivity contribution in [1.82, 2.24) is 9.80 Å². The molecule has 0 aliphatic carbocycles. The Morgan fingerprint density at radius 3 is 1.83 bits per heavy atom. The number of imide groups is 1. The summed E-state index contributed by atoms with van der Waals surface area (Å²) in [5.41, 5.74) is -1.08. The summed E-state index contributed by atoms with van der Waals surface area (Å²) < 4.78 is 6.66. The molecule has 2 rings (SSSR count). The molecule has 30 heavy (non-hydrogen) atoms. The van der Waals surface area contributed by atoms with Crippen LogP contribution in [0, 0.1) is 0 Å². The van der Waals surface area contributed by atoms with E-state index in [-0.39, 0.29) is 5.69 Å². The number of amides is 2. The second-order valence-corrected chi connectivity index (χ2v) is 10.7. The molecular weight excluding hydrogens is 505 g/mol. The predicted octanol–water partition coefficient (Wildman–Crippen LogP) is 5.48. The Kier molecular flexibility index (Phi) is 10.4. The largest absolute Gasteiger partial charge is 0.428 e. The third-order valence-electron chi connectivity index (χ3n) is 3.52. The smallest absolute Gasteiger partial charge is 0.422 e. The van der Waals surface area contributed by atoms with Crippen molar-refractivity contribution < 1.29 is 14.3 Å². The minimum atomic E-state index is -1.36. The van der Waals surface area contributed by atoms with Crippen molar-refractivity contribution >= 4 is 95.6 Å². The molecule has 1 aromatic carbocycles. The van der Waals surface area contributed by atoms with Crippen LogP contribution in [0.2, 0.25) is 10.0 Å². The number of rotatable bonds is 2. The highest BCUT2D eigenvalue weighted by Gasteiger charge is 2.49. The molecule has 1 atom stereocenters. The third kappa shape index (κ3) is 7.28. The van der Waals surface area contributed by atoms with Gasteiger partial charge in [-0.1, -0.05) is 54.2 Å². The number of carbonyl (C=O) groups excluding carboxylic acids is 2. The molecule has 0 spiro atoms. The van der Waals surface area contributed by atoms with E-state index in [4.69, 9.17) is 52.4 Å². The molecule has 0 N–H and O–H groups in total. The van der Waals surface area contributed by atoms with Gasteiger partial charge in [0.25, 0.3) is 5.91 Å². The minimum absolute atomic E-state index is 0.271. The molecule has 12 heteroatoms. The quantitative estimate of drug-likeness (QED) is 0.283. The van der Waals surface area contributed by atoms with E-state index in [1.54, 1.807) is 0 Å². The highest BCUT2D eigenvalue weighted by molar-refractivity contribution is 8.89. The SMILES string of the molecule is C=CC1(C)OC(=O)N(c2cc(Cl)cc(Cl)c2)C1=O.CN(C)C(=S)SSC(=S)N(C)C. The van der Waals surface area contributed by atoms with Crippen LogP contribution in [0.4, 0.5) is 10.5 Å². The summed E-state index contributed by atoms with van der Waals surface area (Å²) in [6, 6.07) is 4.42. The standard InChI is InChI=1S/C12H9Cl2NO3.C6H12N2S4/c1-3-12(2)10(16)15(11(17)18-12)9-5-7(13)4-8(14)6-9;1-7(2)5(9)11-12-6(10)8(3)4/h3-6H,1H2,2H3;1-4H3. The van der Waals surface area contributed by atoms with Crippen LogP contribution in [0.25, 0.3) is 0 Å². The first-order valence-electron chi connectivity index (χ1n) is 8.26. The second kappa shape index (κ2) is 11.5. The predicted molar refractivity (Wildman–Crippen MR) is 137 cm³/mol. The van der Waals surface area contributed by atoms with E-state index in [0.29, 0.717) is 10.0 Å². The highest BCUT2D eigenvalue weighted by atomic mass is 35.5. The normalized spacial score (nSPS) is 17.6. The molecule has 0 aromatic heterocycles. The Morgan fingerprint density at radius 2 is 1.50 bits per heavy atom. The number of benzene rings is 1. The average molecular weight is 527 g/mol. The maximum absolute atomic E-state index is 12.1. The maximum atomic E-state index is 12.1. The van der Waals surface area contributed by atoms with Crippen LogP contribution in [0.3, 0.4) is 0 Å². The van der Waals surface area contributed by atoms with Gasteiger partial charge in [-0.15, -0.1) is 0 Å². The van der Waals surface area contributed by atoms with Gasteiger partial charge in [0.1, 0.15) is 8.64 Å². The molecule has 0 bridgehead atoms. The lowest BCUT2D eigenvalue weighted by Crippen LogP contribution is -2.37. The molecule has 2 amide bonds. The molecule has 6 nitrogen and oxygen atoms in total. The molecule has 0 radical (unpaired) electrons. The van der Waals surface area contributed by atoms with Crippen molar-refractivity contribution in [3.05, 3.63) is 40.9 Å². The Hall–Kier alpha value is -1.04. The van der Waals surface area contributed by atoms with Crippen LogP contribution in [0.5, 0.6) is 0 Å². The van der Waals surface area contributed by atoms with Crippen molar-refractivity contribution in [2.75, 3.05) is 33.1 Å². The van der Waals surface area contributed by atoms with Crippen molar-refractivity contribution in [3.63, 3.8) is 0 Å². The number of halogens is 2. The Labute approximate surface area is 205 Å². The Morgan fingerprint density at radius 1 is 1.07 bits per heavy atom. The zero-order chi connectivity index (χ0) is 23.2. The average Bonchev–Trinajstić information content (AvgIpc) is 2.88.